The summed E-state index contributed by atoms with van der Waals surface area (Å²) < 4.78 is 0. The summed E-state index contributed by atoms with van der Waals surface area (Å²) in [6, 6.07) is 7.42. The zero-order valence-corrected chi connectivity index (χ0v) is 13.3. The first kappa shape index (κ1) is 15.4. The van der Waals surface area contributed by atoms with Crippen molar-refractivity contribution in [2.45, 2.75) is 46.1 Å². The highest BCUT2D eigenvalue weighted by atomic mass is 16.1. The second kappa shape index (κ2) is 5.45. The summed E-state index contributed by atoms with van der Waals surface area (Å²) in [5, 5.41) is 6.69. The Labute approximate surface area is 125 Å². The number of aromatic nitrogens is 2. The molecular formula is C17H23N3O. The number of H-pyrrole nitrogens is 1. The first-order valence-corrected chi connectivity index (χ1v) is 7.13. The van der Waals surface area contributed by atoms with Crippen molar-refractivity contribution in [1.82, 2.24) is 10.2 Å². The molecule has 0 bridgehead atoms. The van der Waals surface area contributed by atoms with Gasteiger partial charge in [0.25, 0.3) is 5.56 Å². The van der Waals surface area contributed by atoms with Crippen LogP contribution in [-0.2, 0) is 5.41 Å². The van der Waals surface area contributed by atoms with Crippen LogP contribution in [0.2, 0.25) is 0 Å². The summed E-state index contributed by atoms with van der Waals surface area (Å²) in [6.07, 6.45) is 0. The molecule has 2 rings (SSSR count). The molecule has 0 aliphatic carbocycles. The highest BCUT2D eigenvalue weighted by molar-refractivity contribution is 5.36. The van der Waals surface area contributed by atoms with Crippen LogP contribution in [0.5, 0.6) is 0 Å². The minimum Gasteiger partial charge on any atom is -0.320 e. The Kier molecular flexibility index (Phi) is 4.01. The van der Waals surface area contributed by atoms with Crippen LogP contribution in [-0.4, -0.2) is 10.2 Å². The Morgan fingerprint density at radius 1 is 1.14 bits per heavy atom. The topological polar surface area (TPSA) is 71.8 Å². The molecule has 112 valence electrons. The van der Waals surface area contributed by atoms with Crippen LogP contribution in [0.3, 0.4) is 0 Å². The van der Waals surface area contributed by atoms with Crippen molar-refractivity contribution in [3.05, 3.63) is 62.6 Å². The van der Waals surface area contributed by atoms with Gasteiger partial charge in [-0.25, -0.2) is 5.10 Å². The maximum absolute atomic E-state index is 12.1. The average molecular weight is 285 g/mol. The third-order valence-electron chi connectivity index (χ3n) is 3.83. The van der Waals surface area contributed by atoms with Crippen molar-refractivity contribution in [1.29, 1.82) is 0 Å². The van der Waals surface area contributed by atoms with Crippen molar-refractivity contribution in [3.8, 4) is 0 Å². The van der Waals surface area contributed by atoms with E-state index in [2.05, 4.69) is 37.9 Å². The van der Waals surface area contributed by atoms with Gasteiger partial charge in [-0.1, -0.05) is 39.0 Å². The summed E-state index contributed by atoms with van der Waals surface area (Å²) in [5.41, 5.74) is 10.6. The van der Waals surface area contributed by atoms with Gasteiger partial charge in [-0.15, -0.1) is 0 Å². The molecule has 0 spiro atoms. The Hall–Kier alpha value is -1.94. The quantitative estimate of drug-likeness (QED) is 0.891. The average Bonchev–Trinajstić information content (AvgIpc) is 2.40. The lowest BCUT2D eigenvalue weighted by Crippen LogP contribution is -2.27. The van der Waals surface area contributed by atoms with Crippen LogP contribution < -0.4 is 11.3 Å². The second-order valence-electron chi connectivity index (χ2n) is 6.61. The molecule has 21 heavy (non-hydrogen) atoms. The fourth-order valence-corrected chi connectivity index (χ4v) is 2.17. The molecule has 1 unspecified atom stereocenters. The van der Waals surface area contributed by atoms with Crippen LogP contribution >= 0.6 is 0 Å². The van der Waals surface area contributed by atoms with Gasteiger partial charge < -0.3 is 5.73 Å². The van der Waals surface area contributed by atoms with Crippen molar-refractivity contribution in [2.75, 3.05) is 0 Å². The predicted octanol–water partition coefficient (Wildman–Crippen LogP) is 2.73. The standard InChI is InChI=1S/C17H23N3O/c1-10-6-7-12(8-11(10)2)15(18)13-9-14(17(3,4)5)19-20-16(13)21/h6-9,15H,18H2,1-5H3,(H,20,21). The lowest BCUT2D eigenvalue weighted by Gasteiger charge is -2.19. The summed E-state index contributed by atoms with van der Waals surface area (Å²) in [7, 11) is 0. The van der Waals surface area contributed by atoms with Gasteiger partial charge >= 0.3 is 0 Å². The number of hydrogen-bond acceptors (Lipinski definition) is 3. The van der Waals surface area contributed by atoms with Gasteiger partial charge in [0.1, 0.15) is 0 Å². The molecule has 0 saturated heterocycles. The fourth-order valence-electron chi connectivity index (χ4n) is 2.17. The van der Waals surface area contributed by atoms with Crippen LogP contribution in [0.25, 0.3) is 0 Å². The smallest absolute Gasteiger partial charge is 0.269 e. The lowest BCUT2D eigenvalue weighted by molar-refractivity contribution is 0.553. The van der Waals surface area contributed by atoms with Gasteiger partial charge in [-0.2, -0.15) is 5.10 Å². The van der Waals surface area contributed by atoms with Gasteiger partial charge in [0.2, 0.25) is 0 Å². The number of hydrogen-bond donors (Lipinski definition) is 2. The Bertz CT molecular complexity index is 711. The molecule has 0 radical (unpaired) electrons. The predicted molar refractivity (Wildman–Crippen MR) is 85.5 cm³/mol. The van der Waals surface area contributed by atoms with Crippen molar-refractivity contribution < 1.29 is 0 Å². The lowest BCUT2D eigenvalue weighted by atomic mass is 9.89. The Morgan fingerprint density at radius 3 is 2.38 bits per heavy atom. The van der Waals surface area contributed by atoms with Crippen LogP contribution in [0.15, 0.2) is 29.1 Å². The molecule has 0 amide bonds. The minimum absolute atomic E-state index is 0.137. The fraction of sp³-hybridized carbons (Fsp3) is 0.412. The van der Waals surface area contributed by atoms with E-state index in [1.807, 2.05) is 31.2 Å². The van der Waals surface area contributed by atoms with Crippen LogP contribution in [0.4, 0.5) is 0 Å². The monoisotopic (exact) mass is 285 g/mol. The van der Waals surface area contributed by atoms with E-state index in [4.69, 9.17) is 5.73 Å². The molecule has 1 heterocycles. The van der Waals surface area contributed by atoms with E-state index in [0.717, 1.165) is 11.3 Å². The largest absolute Gasteiger partial charge is 0.320 e. The Morgan fingerprint density at radius 2 is 1.81 bits per heavy atom. The molecular weight excluding hydrogens is 262 g/mol. The van der Waals surface area contributed by atoms with Crippen LogP contribution in [0, 0.1) is 13.8 Å². The molecule has 1 atom stereocenters. The molecule has 2 aromatic rings. The van der Waals surface area contributed by atoms with E-state index in [1.165, 1.54) is 11.1 Å². The van der Waals surface area contributed by atoms with E-state index in [1.54, 1.807) is 0 Å². The summed E-state index contributed by atoms with van der Waals surface area (Å²) in [5.74, 6) is 0. The van der Waals surface area contributed by atoms with Gasteiger partial charge in [-0.05, 0) is 36.6 Å². The first-order valence-electron chi connectivity index (χ1n) is 7.13. The normalized spacial score (nSPS) is 13.2. The molecule has 0 aliphatic rings. The minimum atomic E-state index is -0.447. The van der Waals surface area contributed by atoms with Gasteiger partial charge in [0, 0.05) is 11.0 Å². The second-order valence-corrected chi connectivity index (χ2v) is 6.61. The number of benzene rings is 1. The first-order chi connectivity index (χ1) is 9.70. The van der Waals surface area contributed by atoms with E-state index in [9.17, 15) is 4.79 Å². The maximum Gasteiger partial charge on any atom is 0.269 e. The maximum atomic E-state index is 12.1. The summed E-state index contributed by atoms with van der Waals surface area (Å²) >= 11 is 0. The zero-order chi connectivity index (χ0) is 15.8. The molecule has 4 heteroatoms. The number of nitrogens with two attached hydrogens (primary N) is 1. The number of aryl methyl sites for hydroxylation is 2. The van der Waals surface area contributed by atoms with Gasteiger partial charge in [0.05, 0.1) is 11.7 Å². The molecule has 0 fully saturated rings. The van der Waals surface area contributed by atoms with Crippen LogP contribution in [0.1, 0.15) is 54.8 Å². The summed E-state index contributed by atoms with van der Waals surface area (Å²) in [6.45, 7) is 10.3. The molecule has 4 nitrogen and oxygen atoms in total. The van der Waals surface area contributed by atoms with Crippen molar-refractivity contribution in [3.63, 3.8) is 0 Å². The van der Waals surface area contributed by atoms with Crippen molar-refractivity contribution in [2.24, 2.45) is 5.73 Å². The molecule has 0 saturated carbocycles. The third kappa shape index (κ3) is 3.22. The molecule has 1 aromatic heterocycles. The number of nitrogens with zero attached hydrogens (tertiary/aromatic N) is 1. The third-order valence-corrected chi connectivity index (χ3v) is 3.83. The molecule has 1 aromatic carbocycles. The number of aromatic amines is 1. The van der Waals surface area contributed by atoms with E-state index in [-0.39, 0.29) is 11.0 Å². The van der Waals surface area contributed by atoms with Gasteiger partial charge in [0.15, 0.2) is 0 Å². The van der Waals surface area contributed by atoms with E-state index >= 15 is 0 Å². The number of rotatable bonds is 2. The molecule has 0 aliphatic heterocycles. The highest BCUT2D eigenvalue weighted by Gasteiger charge is 2.20. The van der Waals surface area contributed by atoms with E-state index < -0.39 is 6.04 Å². The SMILES string of the molecule is Cc1ccc(C(N)c2cc(C(C)(C)C)n[nH]c2=O)cc1C. The number of nitrogens with one attached hydrogen (secondary N) is 1. The van der Waals surface area contributed by atoms with E-state index in [0.29, 0.717) is 5.56 Å². The Balaban J connectivity index is 2.49. The zero-order valence-electron chi connectivity index (χ0n) is 13.3. The molecule has 3 N–H and O–H groups in total. The highest BCUT2D eigenvalue weighted by Crippen LogP contribution is 2.23. The summed E-state index contributed by atoms with van der Waals surface area (Å²) in [4.78, 5) is 12.1. The van der Waals surface area contributed by atoms with Gasteiger partial charge in [-0.3, -0.25) is 4.79 Å². The van der Waals surface area contributed by atoms with Crippen molar-refractivity contribution >= 4 is 0 Å².